The zero-order valence-corrected chi connectivity index (χ0v) is 11.6. The molecule has 7 nitrogen and oxygen atoms in total. The topological polar surface area (TPSA) is 72.3 Å². The van der Waals surface area contributed by atoms with E-state index in [4.69, 9.17) is 4.74 Å². The van der Waals surface area contributed by atoms with Gasteiger partial charge in [0.15, 0.2) is 5.82 Å². The minimum atomic E-state index is -0.0595. The molecule has 2 aromatic rings. The monoisotopic (exact) mass is 287 g/mol. The lowest BCUT2D eigenvalue weighted by Crippen LogP contribution is -2.45. The minimum Gasteiger partial charge on any atom is -0.378 e. The Morgan fingerprint density at radius 2 is 2.19 bits per heavy atom. The SMILES string of the molecule is O=C(NCc1ccnc(-n2cccn2)c1)N1CCOCC1. The van der Waals surface area contributed by atoms with Crippen LogP contribution in [0.1, 0.15) is 5.56 Å². The summed E-state index contributed by atoms with van der Waals surface area (Å²) in [7, 11) is 0. The van der Waals surface area contributed by atoms with Crippen molar-refractivity contribution < 1.29 is 9.53 Å². The molecule has 3 rings (SSSR count). The van der Waals surface area contributed by atoms with Gasteiger partial charge in [-0.15, -0.1) is 0 Å². The van der Waals surface area contributed by atoms with E-state index in [-0.39, 0.29) is 6.03 Å². The van der Waals surface area contributed by atoms with Crippen molar-refractivity contribution in [3.63, 3.8) is 0 Å². The molecule has 0 aliphatic carbocycles. The number of carbonyl (C=O) groups is 1. The van der Waals surface area contributed by atoms with Crippen molar-refractivity contribution in [1.82, 2.24) is 25.0 Å². The Bertz CT molecular complexity index is 593. The zero-order valence-electron chi connectivity index (χ0n) is 11.6. The van der Waals surface area contributed by atoms with Crippen LogP contribution in [0, 0.1) is 0 Å². The summed E-state index contributed by atoms with van der Waals surface area (Å²) in [5.74, 6) is 0.734. The van der Waals surface area contributed by atoms with Crippen LogP contribution >= 0.6 is 0 Å². The van der Waals surface area contributed by atoms with Gasteiger partial charge in [0.05, 0.1) is 13.2 Å². The highest BCUT2D eigenvalue weighted by Gasteiger charge is 2.16. The van der Waals surface area contributed by atoms with Gasteiger partial charge in [0.25, 0.3) is 0 Å². The van der Waals surface area contributed by atoms with Crippen LogP contribution in [-0.2, 0) is 11.3 Å². The molecule has 2 amide bonds. The summed E-state index contributed by atoms with van der Waals surface area (Å²) in [6.45, 7) is 2.95. The fourth-order valence-corrected chi connectivity index (χ4v) is 2.16. The number of hydrogen-bond donors (Lipinski definition) is 1. The van der Waals surface area contributed by atoms with E-state index in [9.17, 15) is 4.79 Å². The van der Waals surface area contributed by atoms with E-state index in [0.717, 1.165) is 11.4 Å². The van der Waals surface area contributed by atoms with Gasteiger partial charge in [-0.25, -0.2) is 14.5 Å². The van der Waals surface area contributed by atoms with E-state index in [2.05, 4.69) is 15.4 Å². The fraction of sp³-hybridized carbons (Fsp3) is 0.357. The van der Waals surface area contributed by atoms with Crippen LogP contribution in [0.2, 0.25) is 0 Å². The summed E-state index contributed by atoms with van der Waals surface area (Å²) >= 11 is 0. The lowest BCUT2D eigenvalue weighted by Gasteiger charge is -2.26. The van der Waals surface area contributed by atoms with E-state index in [1.165, 1.54) is 0 Å². The molecule has 0 aromatic carbocycles. The number of hydrogen-bond acceptors (Lipinski definition) is 4. The molecule has 1 aliphatic heterocycles. The molecule has 110 valence electrons. The first kappa shape index (κ1) is 13.6. The Morgan fingerprint density at radius 3 is 2.95 bits per heavy atom. The maximum Gasteiger partial charge on any atom is 0.317 e. The van der Waals surface area contributed by atoms with Gasteiger partial charge in [-0.05, 0) is 23.8 Å². The number of nitrogens with zero attached hydrogens (tertiary/aromatic N) is 4. The molecule has 0 radical (unpaired) electrons. The average Bonchev–Trinajstić information content (AvgIpc) is 3.08. The second-order valence-corrected chi connectivity index (χ2v) is 4.73. The highest BCUT2D eigenvalue weighted by Crippen LogP contribution is 2.06. The molecule has 7 heteroatoms. The van der Waals surface area contributed by atoms with E-state index >= 15 is 0 Å². The van der Waals surface area contributed by atoms with Crippen molar-refractivity contribution in [2.45, 2.75) is 6.54 Å². The van der Waals surface area contributed by atoms with E-state index in [1.54, 1.807) is 22.0 Å². The summed E-state index contributed by atoms with van der Waals surface area (Å²) in [5, 5.41) is 7.06. The third kappa shape index (κ3) is 3.38. The molecule has 2 aromatic heterocycles. The van der Waals surface area contributed by atoms with Crippen molar-refractivity contribution in [3.8, 4) is 5.82 Å². The normalized spacial score (nSPS) is 15.0. The molecule has 3 heterocycles. The second kappa shape index (κ2) is 6.36. The predicted molar refractivity (Wildman–Crippen MR) is 76.0 cm³/mol. The zero-order chi connectivity index (χ0) is 14.5. The molecule has 1 N–H and O–H groups in total. The molecule has 0 unspecified atom stereocenters. The largest absolute Gasteiger partial charge is 0.378 e. The fourth-order valence-electron chi connectivity index (χ4n) is 2.16. The molecule has 0 bridgehead atoms. The van der Waals surface area contributed by atoms with Gasteiger partial charge in [0.2, 0.25) is 0 Å². The molecule has 21 heavy (non-hydrogen) atoms. The average molecular weight is 287 g/mol. The third-order valence-electron chi connectivity index (χ3n) is 3.29. The third-order valence-corrected chi connectivity index (χ3v) is 3.29. The minimum absolute atomic E-state index is 0.0595. The van der Waals surface area contributed by atoms with Crippen molar-refractivity contribution in [2.24, 2.45) is 0 Å². The number of morpholine rings is 1. The maximum absolute atomic E-state index is 12.0. The highest BCUT2D eigenvalue weighted by molar-refractivity contribution is 5.74. The molecule has 0 spiro atoms. The number of aromatic nitrogens is 3. The van der Waals surface area contributed by atoms with Gasteiger partial charge in [0.1, 0.15) is 0 Å². The van der Waals surface area contributed by atoms with Crippen LogP contribution < -0.4 is 5.32 Å². The Kier molecular flexibility index (Phi) is 4.11. The predicted octanol–water partition coefficient (Wildman–Crippen LogP) is 0.809. The lowest BCUT2D eigenvalue weighted by atomic mass is 10.2. The van der Waals surface area contributed by atoms with Crippen molar-refractivity contribution in [2.75, 3.05) is 26.3 Å². The van der Waals surface area contributed by atoms with Crippen LogP contribution in [0.15, 0.2) is 36.8 Å². The maximum atomic E-state index is 12.0. The first-order valence-electron chi connectivity index (χ1n) is 6.88. The molecular weight excluding hydrogens is 270 g/mol. The number of carbonyl (C=O) groups excluding carboxylic acids is 1. The summed E-state index contributed by atoms with van der Waals surface area (Å²) in [4.78, 5) is 18.0. The van der Waals surface area contributed by atoms with E-state index < -0.39 is 0 Å². The number of rotatable bonds is 3. The summed E-state index contributed by atoms with van der Waals surface area (Å²) in [6, 6.07) is 5.57. The number of urea groups is 1. The molecule has 1 aliphatic rings. The van der Waals surface area contributed by atoms with Crippen LogP contribution in [0.4, 0.5) is 4.79 Å². The smallest absolute Gasteiger partial charge is 0.317 e. The molecular formula is C14H17N5O2. The summed E-state index contributed by atoms with van der Waals surface area (Å²) < 4.78 is 6.92. The quantitative estimate of drug-likeness (QED) is 0.906. The number of pyridine rings is 1. The number of ether oxygens (including phenoxy) is 1. The highest BCUT2D eigenvalue weighted by atomic mass is 16.5. The van der Waals surface area contributed by atoms with E-state index in [1.807, 2.05) is 24.4 Å². The Balaban J connectivity index is 1.60. The Labute approximate surface area is 122 Å². The first-order chi connectivity index (χ1) is 10.3. The molecule has 0 saturated carbocycles. The Morgan fingerprint density at radius 1 is 1.33 bits per heavy atom. The Hall–Kier alpha value is -2.41. The van der Waals surface area contributed by atoms with Crippen molar-refractivity contribution >= 4 is 6.03 Å². The van der Waals surface area contributed by atoms with Crippen LogP contribution in [0.25, 0.3) is 5.82 Å². The van der Waals surface area contributed by atoms with Crippen molar-refractivity contribution in [3.05, 3.63) is 42.4 Å². The summed E-state index contributed by atoms with van der Waals surface area (Å²) in [5.41, 5.74) is 0.983. The van der Waals surface area contributed by atoms with Gasteiger partial charge < -0.3 is 15.0 Å². The lowest BCUT2D eigenvalue weighted by molar-refractivity contribution is 0.0531. The van der Waals surface area contributed by atoms with Crippen molar-refractivity contribution in [1.29, 1.82) is 0 Å². The summed E-state index contributed by atoms with van der Waals surface area (Å²) in [6.07, 6.45) is 5.25. The first-order valence-corrected chi connectivity index (χ1v) is 6.88. The second-order valence-electron chi connectivity index (χ2n) is 4.73. The number of nitrogens with one attached hydrogen (secondary N) is 1. The van der Waals surface area contributed by atoms with Crippen LogP contribution in [0.5, 0.6) is 0 Å². The molecule has 1 fully saturated rings. The van der Waals surface area contributed by atoms with E-state index in [0.29, 0.717) is 32.8 Å². The van der Waals surface area contributed by atoms with Crippen LogP contribution in [0.3, 0.4) is 0 Å². The van der Waals surface area contributed by atoms with Gasteiger partial charge in [-0.1, -0.05) is 0 Å². The van der Waals surface area contributed by atoms with Crippen LogP contribution in [-0.4, -0.2) is 52.0 Å². The molecule has 0 atom stereocenters. The molecule has 1 saturated heterocycles. The van der Waals surface area contributed by atoms with Gasteiger partial charge in [0, 0.05) is 38.2 Å². The standard InChI is InChI=1S/C14H17N5O2/c20-14(18-6-8-21-9-7-18)16-11-12-2-4-15-13(10-12)19-5-1-3-17-19/h1-5,10H,6-9,11H2,(H,16,20). The van der Waals surface area contributed by atoms with Gasteiger partial charge in [-0.2, -0.15) is 5.10 Å². The van der Waals surface area contributed by atoms with Gasteiger partial charge in [-0.3, -0.25) is 0 Å². The van der Waals surface area contributed by atoms with Gasteiger partial charge >= 0.3 is 6.03 Å². The number of amides is 2.